The molecular formula is C18H16F3N3OS. The lowest BCUT2D eigenvalue weighted by Gasteiger charge is -2.08. The predicted molar refractivity (Wildman–Crippen MR) is 94.4 cm³/mol. The highest BCUT2D eigenvalue weighted by Crippen LogP contribution is 2.27. The smallest absolute Gasteiger partial charge is 0.321 e. The molecule has 3 aromatic rings. The number of aryl methyl sites for hydroxylation is 1. The molecule has 0 spiro atoms. The van der Waals surface area contributed by atoms with Crippen molar-refractivity contribution in [3.8, 4) is 0 Å². The topological polar surface area (TPSA) is 46.9 Å². The molecule has 8 heteroatoms. The molecule has 0 saturated carbocycles. The highest BCUT2D eigenvalue weighted by Gasteiger charge is 2.33. The molecule has 3 rings (SSSR count). The van der Waals surface area contributed by atoms with Crippen LogP contribution in [0.5, 0.6) is 0 Å². The van der Waals surface area contributed by atoms with Gasteiger partial charge in [0.05, 0.1) is 11.4 Å². The third-order valence-electron chi connectivity index (χ3n) is 3.80. The number of aromatic nitrogens is 2. The molecule has 0 aliphatic carbocycles. The average molecular weight is 379 g/mol. The average Bonchev–Trinajstić information content (AvgIpc) is 3.25. The molecule has 1 N–H and O–H groups in total. The molecular weight excluding hydrogens is 363 g/mol. The van der Waals surface area contributed by atoms with Crippen molar-refractivity contribution in [2.24, 2.45) is 0 Å². The summed E-state index contributed by atoms with van der Waals surface area (Å²) < 4.78 is 39.0. The van der Waals surface area contributed by atoms with Gasteiger partial charge in [-0.15, -0.1) is 11.3 Å². The molecule has 0 bridgehead atoms. The van der Waals surface area contributed by atoms with Crippen molar-refractivity contribution in [3.05, 3.63) is 69.7 Å². The zero-order valence-corrected chi connectivity index (χ0v) is 14.7. The number of benzene rings is 1. The van der Waals surface area contributed by atoms with E-state index in [2.05, 4.69) is 10.4 Å². The molecule has 2 heterocycles. The molecule has 26 heavy (non-hydrogen) atoms. The van der Waals surface area contributed by atoms with Crippen LogP contribution < -0.4 is 5.32 Å². The Labute approximate surface area is 152 Å². The molecule has 136 valence electrons. The van der Waals surface area contributed by atoms with Crippen molar-refractivity contribution in [1.29, 1.82) is 0 Å². The lowest BCUT2D eigenvalue weighted by Crippen LogP contribution is -2.11. The number of anilines is 1. The SMILES string of the molecule is CCc1ccccc1NC(=O)c1cc(Cn2ccc(C(F)(F)F)n2)cs1. The Morgan fingerprint density at radius 2 is 2.04 bits per heavy atom. The Kier molecular flexibility index (Phi) is 5.13. The highest BCUT2D eigenvalue weighted by atomic mass is 32.1. The summed E-state index contributed by atoms with van der Waals surface area (Å²) in [6.07, 6.45) is -2.39. The van der Waals surface area contributed by atoms with Gasteiger partial charge in [0.15, 0.2) is 5.69 Å². The van der Waals surface area contributed by atoms with E-state index in [0.717, 1.165) is 29.3 Å². The number of halogens is 3. The highest BCUT2D eigenvalue weighted by molar-refractivity contribution is 7.12. The maximum Gasteiger partial charge on any atom is 0.435 e. The quantitative estimate of drug-likeness (QED) is 0.690. The molecule has 0 atom stereocenters. The van der Waals surface area contributed by atoms with Crippen LogP contribution in [0.25, 0.3) is 0 Å². The molecule has 0 unspecified atom stereocenters. The van der Waals surface area contributed by atoms with Gasteiger partial charge in [-0.25, -0.2) is 0 Å². The number of para-hydroxylation sites is 1. The molecule has 4 nitrogen and oxygen atoms in total. The summed E-state index contributed by atoms with van der Waals surface area (Å²) >= 11 is 1.25. The number of hydrogen-bond donors (Lipinski definition) is 1. The largest absolute Gasteiger partial charge is 0.435 e. The van der Waals surface area contributed by atoms with Gasteiger partial charge in [0.25, 0.3) is 5.91 Å². The minimum Gasteiger partial charge on any atom is -0.321 e. The van der Waals surface area contributed by atoms with Gasteiger partial charge in [-0.2, -0.15) is 18.3 Å². The monoisotopic (exact) mass is 379 g/mol. The van der Waals surface area contributed by atoms with Gasteiger partial charge in [0, 0.05) is 11.9 Å². The summed E-state index contributed by atoms with van der Waals surface area (Å²) in [5, 5.41) is 8.14. The zero-order chi connectivity index (χ0) is 18.7. The number of rotatable bonds is 5. The van der Waals surface area contributed by atoms with Crippen LogP contribution in [-0.2, 0) is 19.1 Å². The molecule has 1 aromatic carbocycles. The van der Waals surface area contributed by atoms with E-state index in [-0.39, 0.29) is 12.5 Å². The first-order valence-corrected chi connectivity index (χ1v) is 8.82. The normalized spacial score (nSPS) is 11.5. The summed E-state index contributed by atoms with van der Waals surface area (Å²) in [4.78, 5) is 12.9. The number of carbonyl (C=O) groups excluding carboxylic acids is 1. The van der Waals surface area contributed by atoms with Gasteiger partial charge in [-0.1, -0.05) is 25.1 Å². The predicted octanol–water partition coefficient (Wildman–Crippen LogP) is 4.83. The molecule has 0 aliphatic rings. The van der Waals surface area contributed by atoms with E-state index in [0.29, 0.717) is 4.88 Å². The second-order valence-corrected chi connectivity index (χ2v) is 6.59. The van der Waals surface area contributed by atoms with Crippen LogP contribution >= 0.6 is 11.3 Å². The van der Waals surface area contributed by atoms with E-state index in [1.807, 2.05) is 31.2 Å². The van der Waals surface area contributed by atoms with Crippen molar-refractivity contribution < 1.29 is 18.0 Å². The first kappa shape index (κ1) is 18.2. The standard InChI is InChI=1S/C18H16F3N3OS/c1-2-13-5-3-4-6-14(13)22-17(25)15-9-12(11-26-15)10-24-8-7-16(23-24)18(19,20)21/h3-9,11H,2,10H2,1H3,(H,22,25). The second-order valence-electron chi connectivity index (χ2n) is 5.68. The maximum absolute atomic E-state index is 12.6. The van der Waals surface area contributed by atoms with Crippen LogP contribution in [-0.4, -0.2) is 15.7 Å². The first-order valence-electron chi connectivity index (χ1n) is 7.94. The van der Waals surface area contributed by atoms with Crippen molar-refractivity contribution in [2.75, 3.05) is 5.32 Å². The molecule has 2 aromatic heterocycles. The summed E-state index contributed by atoms with van der Waals surface area (Å²) in [5.41, 5.74) is 1.59. The van der Waals surface area contributed by atoms with E-state index in [1.54, 1.807) is 11.4 Å². The van der Waals surface area contributed by atoms with Gasteiger partial charge in [-0.3, -0.25) is 9.48 Å². The number of alkyl halides is 3. The Morgan fingerprint density at radius 3 is 2.73 bits per heavy atom. The van der Waals surface area contributed by atoms with E-state index >= 15 is 0 Å². The van der Waals surface area contributed by atoms with Crippen LogP contribution in [0.15, 0.2) is 48.0 Å². The summed E-state index contributed by atoms with van der Waals surface area (Å²) in [6, 6.07) is 10.2. The Morgan fingerprint density at radius 1 is 1.27 bits per heavy atom. The van der Waals surface area contributed by atoms with Crippen LogP contribution in [0.1, 0.15) is 33.4 Å². The third-order valence-corrected chi connectivity index (χ3v) is 4.78. The van der Waals surface area contributed by atoms with E-state index < -0.39 is 11.9 Å². The number of thiophene rings is 1. The van der Waals surface area contributed by atoms with Gasteiger partial charge in [0.2, 0.25) is 0 Å². The Hall–Kier alpha value is -2.61. The lowest BCUT2D eigenvalue weighted by atomic mass is 10.1. The lowest BCUT2D eigenvalue weighted by molar-refractivity contribution is -0.141. The summed E-state index contributed by atoms with van der Waals surface area (Å²) in [6.45, 7) is 2.18. The fraction of sp³-hybridized carbons (Fsp3) is 0.222. The first-order chi connectivity index (χ1) is 12.4. The minimum absolute atomic E-state index is 0.172. The number of nitrogens with zero attached hydrogens (tertiary/aromatic N) is 2. The summed E-state index contributed by atoms with van der Waals surface area (Å²) in [5.74, 6) is -0.237. The van der Waals surface area contributed by atoms with Gasteiger partial charge in [0.1, 0.15) is 0 Å². The van der Waals surface area contributed by atoms with Crippen molar-refractivity contribution in [1.82, 2.24) is 9.78 Å². The minimum atomic E-state index is -4.46. The van der Waals surface area contributed by atoms with Crippen molar-refractivity contribution in [2.45, 2.75) is 26.1 Å². The molecule has 1 amide bonds. The maximum atomic E-state index is 12.6. The molecule has 0 fully saturated rings. The molecule has 0 saturated heterocycles. The van der Waals surface area contributed by atoms with E-state index in [4.69, 9.17) is 0 Å². The van der Waals surface area contributed by atoms with Crippen molar-refractivity contribution in [3.63, 3.8) is 0 Å². The van der Waals surface area contributed by atoms with Crippen LogP contribution in [0.2, 0.25) is 0 Å². The number of nitrogens with one attached hydrogen (secondary N) is 1. The van der Waals surface area contributed by atoms with E-state index in [1.165, 1.54) is 22.2 Å². The van der Waals surface area contributed by atoms with Crippen molar-refractivity contribution >= 4 is 22.9 Å². The third kappa shape index (κ3) is 4.13. The van der Waals surface area contributed by atoms with Crippen LogP contribution in [0, 0.1) is 0 Å². The van der Waals surface area contributed by atoms with Crippen LogP contribution in [0.4, 0.5) is 18.9 Å². The van der Waals surface area contributed by atoms with E-state index in [9.17, 15) is 18.0 Å². The fourth-order valence-corrected chi connectivity index (χ4v) is 3.30. The molecule has 0 aliphatic heterocycles. The summed E-state index contributed by atoms with van der Waals surface area (Å²) in [7, 11) is 0. The van der Waals surface area contributed by atoms with Gasteiger partial charge >= 0.3 is 6.18 Å². The Balaban J connectivity index is 1.69. The van der Waals surface area contributed by atoms with Crippen LogP contribution in [0.3, 0.4) is 0 Å². The van der Waals surface area contributed by atoms with Gasteiger partial charge < -0.3 is 5.32 Å². The molecule has 0 radical (unpaired) electrons. The zero-order valence-electron chi connectivity index (χ0n) is 13.9. The van der Waals surface area contributed by atoms with Gasteiger partial charge in [-0.05, 0) is 41.1 Å². The second kappa shape index (κ2) is 7.33. The fourth-order valence-electron chi connectivity index (χ4n) is 2.50. The Bertz CT molecular complexity index is 914. The number of carbonyl (C=O) groups is 1. The number of amides is 1. The number of hydrogen-bond acceptors (Lipinski definition) is 3.